The lowest BCUT2D eigenvalue weighted by molar-refractivity contribution is -0.119. The minimum atomic E-state index is -2.42. The minimum absolute atomic E-state index is 0.0116. The molecule has 0 amide bonds. The third kappa shape index (κ3) is 2.05. The van der Waals surface area contributed by atoms with E-state index in [0.29, 0.717) is 19.5 Å². The highest BCUT2D eigenvalue weighted by Gasteiger charge is 2.45. The number of hydrogen-bond acceptors (Lipinski definition) is 2. The zero-order chi connectivity index (χ0) is 9.47. The van der Waals surface area contributed by atoms with Gasteiger partial charge in [0, 0.05) is 32.4 Å². The molecule has 0 N–H and O–H groups in total. The van der Waals surface area contributed by atoms with Crippen molar-refractivity contribution in [3.8, 4) is 0 Å². The summed E-state index contributed by atoms with van der Waals surface area (Å²) in [6.45, 7) is 1.92. The first-order valence-corrected chi connectivity index (χ1v) is 4.67. The first kappa shape index (κ1) is 9.06. The Hall–Kier alpha value is -0.510. The van der Waals surface area contributed by atoms with E-state index >= 15 is 0 Å². The average Bonchev–Trinajstić information content (AvgIpc) is 2.31. The van der Waals surface area contributed by atoms with Crippen LogP contribution in [0.25, 0.3) is 0 Å². The molecule has 2 rings (SSSR count). The van der Waals surface area contributed by atoms with Gasteiger partial charge in [-0.3, -0.25) is 9.69 Å². The van der Waals surface area contributed by atoms with Crippen LogP contribution < -0.4 is 0 Å². The van der Waals surface area contributed by atoms with E-state index in [0.717, 1.165) is 6.54 Å². The molecule has 0 unspecified atom stereocenters. The van der Waals surface area contributed by atoms with E-state index in [1.807, 2.05) is 4.90 Å². The van der Waals surface area contributed by atoms with Crippen molar-refractivity contribution in [1.82, 2.24) is 4.90 Å². The molecule has 0 spiro atoms. The molecule has 1 aliphatic heterocycles. The van der Waals surface area contributed by atoms with Gasteiger partial charge in [-0.15, -0.1) is 0 Å². The second-order valence-corrected chi connectivity index (χ2v) is 4.15. The van der Waals surface area contributed by atoms with Gasteiger partial charge in [0.05, 0.1) is 6.54 Å². The number of carbonyl (C=O) groups is 1. The SMILES string of the molecule is O=C1CCN(CC2CC(F)(F)C2)C1. The smallest absolute Gasteiger partial charge is 0.248 e. The summed E-state index contributed by atoms with van der Waals surface area (Å²) in [5.41, 5.74) is 0. The molecular formula is C9H13F2NO. The van der Waals surface area contributed by atoms with Gasteiger partial charge in [0.2, 0.25) is 5.92 Å². The first-order valence-electron chi connectivity index (χ1n) is 4.67. The predicted octanol–water partition coefficient (Wildman–Crippen LogP) is 1.31. The molecule has 0 aromatic carbocycles. The number of Topliss-reactive ketones (excluding diaryl/α,β-unsaturated/α-hetero) is 1. The van der Waals surface area contributed by atoms with Crippen molar-refractivity contribution >= 4 is 5.78 Å². The summed E-state index contributed by atoms with van der Waals surface area (Å²) < 4.78 is 24.9. The van der Waals surface area contributed by atoms with Crippen LogP contribution in [0.15, 0.2) is 0 Å². The molecule has 4 heteroatoms. The van der Waals surface area contributed by atoms with E-state index in [4.69, 9.17) is 0 Å². The lowest BCUT2D eigenvalue weighted by Crippen LogP contribution is -2.42. The summed E-state index contributed by atoms with van der Waals surface area (Å²) in [7, 11) is 0. The number of likely N-dealkylation sites (tertiary alicyclic amines) is 1. The van der Waals surface area contributed by atoms with Crippen LogP contribution in [0.3, 0.4) is 0 Å². The summed E-state index contributed by atoms with van der Waals surface area (Å²) in [6, 6.07) is 0. The largest absolute Gasteiger partial charge is 0.298 e. The molecule has 13 heavy (non-hydrogen) atoms. The van der Waals surface area contributed by atoms with E-state index in [1.54, 1.807) is 0 Å². The van der Waals surface area contributed by atoms with Gasteiger partial charge in [-0.2, -0.15) is 0 Å². The normalized spacial score (nSPS) is 29.2. The van der Waals surface area contributed by atoms with Gasteiger partial charge in [0.1, 0.15) is 5.78 Å². The Balaban J connectivity index is 1.72. The molecule has 0 aromatic heterocycles. The molecule has 74 valence electrons. The molecule has 2 nitrogen and oxygen atoms in total. The Morgan fingerprint density at radius 1 is 1.46 bits per heavy atom. The third-order valence-corrected chi connectivity index (χ3v) is 2.80. The summed E-state index contributed by atoms with van der Waals surface area (Å²) in [5, 5.41) is 0. The van der Waals surface area contributed by atoms with Crippen LogP contribution in [0, 0.1) is 5.92 Å². The van der Waals surface area contributed by atoms with Crippen LogP contribution in [0.5, 0.6) is 0 Å². The highest BCUT2D eigenvalue weighted by molar-refractivity contribution is 5.82. The molecule has 0 aromatic rings. The summed E-state index contributed by atoms with van der Waals surface area (Å²) in [6.07, 6.45) is 0.624. The second-order valence-electron chi connectivity index (χ2n) is 4.15. The lowest BCUT2D eigenvalue weighted by Gasteiger charge is -2.36. The molecule has 1 heterocycles. The number of nitrogens with zero attached hydrogens (tertiary/aromatic N) is 1. The van der Waals surface area contributed by atoms with E-state index < -0.39 is 5.92 Å². The number of halogens is 2. The van der Waals surface area contributed by atoms with Gasteiger partial charge in [0.25, 0.3) is 0 Å². The maximum atomic E-state index is 12.5. The second kappa shape index (κ2) is 3.01. The van der Waals surface area contributed by atoms with E-state index in [1.165, 1.54) is 0 Å². The zero-order valence-electron chi connectivity index (χ0n) is 7.43. The van der Waals surface area contributed by atoms with Crippen molar-refractivity contribution in [2.75, 3.05) is 19.6 Å². The topological polar surface area (TPSA) is 20.3 Å². The Morgan fingerprint density at radius 2 is 2.15 bits per heavy atom. The van der Waals surface area contributed by atoms with Crippen LogP contribution in [0.4, 0.5) is 8.78 Å². The zero-order valence-corrected chi connectivity index (χ0v) is 7.43. The van der Waals surface area contributed by atoms with Crippen LogP contribution in [0.1, 0.15) is 19.3 Å². The van der Waals surface area contributed by atoms with E-state index in [9.17, 15) is 13.6 Å². The van der Waals surface area contributed by atoms with Crippen molar-refractivity contribution in [1.29, 1.82) is 0 Å². The molecule has 1 saturated carbocycles. The van der Waals surface area contributed by atoms with E-state index in [2.05, 4.69) is 0 Å². The molecule has 0 bridgehead atoms. The van der Waals surface area contributed by atoms with Crippen molar-refractivity contribution < 1.29 is 13.6 Å². The fraction of sp³-hybridized carbons (Fsp3) is 0.889. The number of ketones is 1. The minimum Gasteiger partial charge on any atom is -0.298 e. The Kier molecular flexibility index (Phi) is 2.10. The molecular weight excluding hydrogens is 176 g/mol. The van der Waals surface area contributed by atoms with Gasteiger partial charge in [-0.25, -0.2) is 8.78 Å². The average molecular weight is 189 g/mol. The monoisotopic (exact) mass is 189 g/mol. The van der Waals surface area contributed by atoms with Gasteiger partial charge >= 0.3 is 0 Å². The Bertz CT molecular complexity index is 222. The van der Waals surface area contributed by atoms with Crippen LogP contribution in [0.2, 0.25) is 0 Å². The molecule has 1 aliphatic carbocycles. The van der Waals surface area contributed by atoms with Gasteiger partial charge < -0.3 is 0 Å². The van der Waals surface area contributed by atoms with Gasteiger partial charge in [-0.05, 0) is 5.92 Å². The number of rotatable bonds is 2. The summed E-state index contributed by atoms with van der Waals surface area (Å²) in [5.74, 6) is -2.07. The standard InChI is InChI=1S/C9H13F2NO/c10-9(11)3-7(4-9)5-12-2-1-8(13)6-12/h7H,1-6H2. The predicted molar refractivity (Wildman–Crippen MR) is 43.7 cm³/mol. The summed E-state index contributed by atoms with van der Waals surface area (Å²) in [4.78, 5) is 12.9. The molecule has 0 radical (unpaired) electrons. The number of hydrogen-bond donors (Lipinski definition) is 0. The Labute approximate surface area is 75.9 Å². The molecule has 1 saturated heterocycles. The fourth-order valence-corrected chi connectivity index (χ4v) is 2.13. The van der Waals surface area contributed by atoms with Gasteiger partial charge in [0.15, 0.2) is 0 Å². The number of alkyl halides is 2. The first-order chi connectivity index (χ1) is 6.05. The van der Waals surface area contributed by atoms with Crippen molar-refractivity contribution in [2.45, 2.75) is 25.2 Å². The van der Waals surface area contributed by atoms with Crippen LogP contribution in [-0.2, 0) is 4.79 Å². The van der Waals surface area contributed by atoms with Crippen LogP contribution in [-0.4, -0.2) is 36.2 Å². The fourth-order valence-electron chi connectivity index (χ4n) is 2.13. The third-order valence-electron chi connectivity index (χ3n) is 2.80. The molecule has 2 aliphatic rings. The summed E-state index contributed by atoms with van der Waals surface area (Å²) >= 11 is 0. The van der Waals surface area contributed by atoms with Crippen molar-refractivity contribution in [3.63, 3.8) is 0 Å². The molecule has 0 atom stereocenters. The quantitative estimate of drug-likeness (QED) is 0.652. The molecule has 2 fully saturated rings. The Morgan fingerprint density at radius 3 is 2.62 bits per heavy atom. The highest BCUT2D eigenvalue weighted by Crippen LogP contribution is 2.42. The van der Waals surface area contributed by atoms with Crippen molar-refractivity contribution in [3.05, 3.63) is 0 Å². The van der Waals surface area contributed by atoms with Gasteiger partial charge in [-0.1, -0.05) is 0 Å². The highest BCUT2D eigenvalue weighted by atomic mass is 19.3. The lowest BCUT2D eigenvalue weighted by atomic mass is 9.81. The maximum Gasteiger partial charge on any atom is 0.248 e. The van der Waals surface area contributed by atoms with Crippen LogP contribution >= 0.6 is 0 Å². The van der Waals surface area contributed by atoms with E-state index in [-0.39, 0.29) is 24.5 Å². The van der Waals surface area contributed by atoms with Crippen molar-refractivity contribution in [2.24, 2.45) is 5.92 Å². The maximum absolute atomic E-state index is 12.5. The number of carbonyl (C=O) groups excluding carboxylic acids is 1.